The molecule has 0 aromatic carbocycles. The van der Waals surface area contributed by atoms with E-state index in [1.807, 2.05) is 6.07 Å². The number of nitriles is 1. The second-order valence-corrected chi connectivity index (χ2v) is 3.43. The molecule has 0 spiro atoms. The molecule has 0 bridgehead atoms. The van der Waals surface area contributed by atoms with Gasteiger partial charge in [0.15, 0.2) is 6.10 Å². The molecule has 0 fully saturated rings. The maximum absolute atomic E-state index is 11.6. The van der Waals surface area contributed by atoms with Gasteiger partial charge in [0, 0.05) is 20.2 Å². The summed E-state index contributed by atoms with van der Waals surface area (Å²) in [5.41, 5.74) is 0. The summed E-state index contributed by atoms with van der Waals surface area (Å²) < 4.78 is 4.82. The number of carboxylic acid groups (broad SMARTS) is 1. The number of hydrogen-bond acceptors (Lipinski definition) is 5. The van der Waals surface area contributed by atoms with Gasteiger partial charge in [-0.15, -0.1) is 0 Å². The first kappa shape index (κ1) is 16.1. The number of nitrogens with zero attached hydrogens (tertiary/aromatic N) is 2. The largest absolute Gasteiger partial charge is 0.479 e. The molecule has 2 amide bonds. The highest BCUT2D eigenvalue weighted by atomic mass is 16.5. The van der Waals surface area contributed by atoms with Crippen molar-refractivity contribution in [2.45, 2.75) is 12.5 Å². The van der Waals surface area contributed by atoms with Crippen molar-refractivity contribution in [1.82, 2.24) is 10.2 Å². The van der Waals surface area contributed by atoms with Crippen LogP contribution >= 0.6 is 0 Å². The summed E-state index contributed by atoms with van der Waals surface area (Å²) in [5, 5.41) is 28.2. The van der Waals surface area contributed by atoms with E-state index in [4.69, 9.17) is 20.2 Å². The van der Waals surface area contributed by atoms with Crippen LogP contribution < -0.4 is 5.32 Å². The van der Waals surface area contributed by atoms with Crippen molar-refractivity contribution >= 4 is 12.0 Å². The van der Waals surface area contributed by atoms with Crippen molar-refractivity contribution in [3.8, 4) is 6.07 Å². The highest BCUT2D eigenvalue weighted by Gasteiger charge is 2.17. The number of rotatable bonds is 8. The SMILES string of the molecule is COCCN(CCC#N)C(=O)NCC(O)C(=O)O. The molecule has 0 aliphatic heterocycles. The Balaban J connectivity index is 4.19. The van der Waals surface area contributed by atoms with Crippen molar-refractivity contribution in [3.05, 3.63) is 0 Å². The zero-order valence-corrected chi connectivity index (χ0v) is 10.1. The van der Waals surface area contributed by atoms with Gasteiger partial charge in [-0.25, -0.2) is 9.59 Å². The first-order chi connectivity index (χ1) is 8.52. The third-order valence-electron chi connectivity index (χ3n) is 2.08. The Kier molecular flexibility index (Phi) is 8.26. The lowest BCUT2D eigenvalue weighted by Gasteiger charge is -2.22. The molecular weight excluding hydrogens is 242 g/mol. The molecule has 0 aromatic rings. The van der Waals surface area contributed by atoms with Gasteiger partial charge in [-0.3, -0.25) is 0 Å². The molecule has 8 nitrogen and oxygen atoms in total. The smallest absolute Gasteiger partial charge is 0.334 e. The normalized spacial score (nSPS) is 11.4. The standard InChI is InChI=1S/C10H17N3O5/c1-18-6-5-13(4-2-3-11)10(17)12-7-8(14)9(15)16/h8,14H,2,4-7H2,1H3,(H,12,17)(H,15,16). The van der Waals surface area contributed by atoms with Gasteiger partial charge in [-0.05, 0) is 0 Å². The number of aliphatic carboxylic acids is 1. The molecule has 18 heavy (non-hydrogen) atoms. The Labute approximate surface area is 105 Å². The third-order valence-corrected chi connectivity index (χ3v) is 2.08. The monoisotopic (exact) mass is 259 g/mol. The number of carbonyl (C=O) groups excluding carboxylic acids is 1. The molecule has 0 saturated heterocycles. The second kappa shape index (κ2) is 9.21. The number of carboxylic acids is 1. The lowest BCUT2D eigenvalue weighted by Crippen LogP contribution is -2.45. The van der Waals surface area contributed by atoms with Crippen molar-refractivity contribution in [2.24, 2.45) is 0 Å². The predicted octanol–water partition coefficient (Wildman–Crippen LogP) is -0.996. The molecular formula is C10H17N3O5. The molecule has 0 aliphatic rings. The molecule has 0 aliphatic carbocycles. The van der Waals surface area contributed by atoms with Gasteiger partial charge in [0.25, 0.3) is 0 Å². The van der Waals surface area contributed by atoms with E-state index in [1.165, 1.54) is 12.0 Å². The van der Waals surface area contributed by atoms with Crippen LogP contribution in [-0.4, -0.2) is 66.6 Å². The summed E-state index contributed by atoms with van der Waals surface area (Å²) in [6.07, 6.45) is -1.48. The Morgan fingerprint density at radius 3 is 2.67 bits per heavy atom. The maximum Gasteiger partial charge on any atom is 0.334 e. The first-order valence-corrected chi connectivity index (χ1v) is 5.32. The molecule has 0 saturated carbocycles. The maximum atomic E-state index is 11.6. The van der Waals surface area contributed by atoms with Crippen LogP contribution in [0.3, 0.4) is 0 Å². The van der Waals surface area contributed by atoms with Crippen LogP contribution in [0.1, 0.15) is 6.42 Å². The van der Waals surface area contributed by atoms with Crippen molar-refractivity contribution < 1.29 is 24.5 Å². The minimum Gasteiger partial charge on any atom is -0.479 e. The fraction of sp³-hybridized carbons (Fsp3) is 0.700. The van der Waals surface area contributed by atoms with Crippen LogP contribution in [0.4, 0.5) is 4.79 Å². The fourth-order valence-electron chi connectivity index (χ4n) is 1.08. The molecule has 1 unspecified atom stereocenters. The van der Waals surface area contributed by atoms with Crippen LogP contribution in [-0.2, 0) is 9.53 Å². The summed E-state index contributed by atoms with van der Waals surface area (Å²) in [6.45, 7) is 0.423. The summed E-state index contributed by atoms with van der Waals surface area (Å²) in [6, 6.07) is 1.37. The minimum atomic E-state index is -1.64. The van der Waals surface area contributed by atoms with Crippen LogP contribution in [0.2, 0.25) is 0 Å². The minimum absolute atomic E-state index is 0.165. The molecule has 3 N–H and O–H groups in total. The Morgan fingerprint density at radius 2 is 2.17 bits per heavy atom. The summed E-state index contributed by atoms with van der Waals surface area (Å²) in [5.74, 6) is -1.41. The number of aliphatic hydroxyl groups is 1. The number of nitrogens with one attached hydrogen (secondary N) is 1. The number of methoxy groups -OCH3 is 1. The van der Waals surface area contributed by atoms with Crippen molar-refractivity contribution in [2.75, 3.05) is 33.4 Å². The predicted molar refractivity (Wildman–Crippen MR) is 60.7 cm³/mol. The highest BCUT2D eigenvalue weighted by molar-refractivity contribution is 5.76. The van der Waals surface area contributed by atoms with Gasteiger partial charge in [-0.1, -0.05) is 0 Å². The van der Waals surface area contributed by atoms with E-state index in [-0.39, 0.29) is 26.1 Å². The lowest BCUT2D eigenvalue weighted by atomic mass is 10.3. The quantitative estimate of drug-likeness (QED) is 0.514. The van der Waals surface area contributed by atoms with Gasteiger partial charge >= 0.3 is 12.0 Å². The van der Waals surface area contributed by atoms with E-state index in [9.17, 15) is 9.59 Å². The van der Waals surface area contributed by atoms with Gasteiger partial charge in [0.2, 0.25) is 0 Å². The third kappa shape index (κ3) is 6.67. The van der Waals surface area contributed by atoms with Crippen molar-refractivity contribution in [1.29, 1.82) is 5.26 Å². The average Bonchev–Trinajstić information content (AvgIpc) is 2.35. The Hall–Kier alpha value is -1.85. The molecule has 102 valence electrons. The van der Waals surface area contributed by atoms with E-state index in [2.05, 4.69) is 5.32 Å². The first-order valence-electron chi connectivity index (χ1n) is 5.32. The number of hydrogen-bond donors (Lipinski definition) is 3. The van der Waals surface area contributed by atoms with E-state index >= 15 is 0 Å². The number of urea groups is 1. The van der Waals surface area contributed by atoms with E-state index in [0.717, 1.165) is 0 Å². The number of ether oxygens (including phenoxy) is 1. The number of aliphatic hydroxyl groups excluding tert-OH is 1. The molecule has 0 aromatic heterocycles. The van der Waals surface area contributed by atoms with E-state index < -0.39 is 18.1 Å². The zero-order chi connectivity index (χ0) is 14.0. The molecule has 0 heterocycles. The Bertz CT molecular complexity index is 315. The van der Waals surface area contributed by atoms with Crippen LogP contribution in [0, 0.1) is 11.3 Å². The molecule has 8 heteroatoms. The molecule has 1 atom stereocenters. The molecule has 0 rings (SSSR count). The summed E-state index contributed by atoms with van der Waals surface area (Å²) >= 11 is 0. The van der Waals surface area contributed by atoms with Gasteiger partial charge in [0.1, 0.15) is 0 Å². The van der Waals surface area contributed by atoms with Crippen LogP contribution in [0.25, 0.3) is 0 Å². The topological polar surface area (TPSA) is 123 Å². The van der Waals surface area contributed by atoms with Gasteiger partial charge < -0.3 is 25.2 Å². The second-order valence-electron chi connectivity index (χ2n) is 3.43. The van der Waals surface area contributed by atoms with E-state index in [1.54, 1.807) is 0 Å². The molecule has 0 radical (unpaired) electrons. The average molecular weight is 259 g/mol. The number of amides is 2. The fourth-order valence-corrected chi connectivity index (χ4v) is 1.08. The van der Waals surface area contributed by atoms with Crippen LogP contribution in [0.5, 0.6) is 0 Å². The zero-order valence-electron chi connectivity index (χ0n) is 10.1. The summed E-state index contributed by atoms with van der Waals surface area (Å²) in [7, 11) is 1.48. The highest BCUT2D eigenvalue weighted by Crippen LogP contribution is 1.93. The van der Waals surface area contributed by atoms with E-state index in [0.29, 0.717) is 6.61 Å². The van der Waals surface area contributed by atoms with Gasteiger partial charge in [0.05, 0.1) is 25.6 Å². The lowest BCUT2D eigenvalue weighted by molar-refractivity contribution is -0.146. The van der Waals surface area contributed by atoms with Crippen molar-refractivity contribution in [3.63, 3.8) is 0 Å². The number of carbonyl (C=O) groups is 2. The Morgan fingerprint density at radius 1 is 1.50 bits per heavy atom. The summed E-state index contributed by atoms with van der Waals surface area (Å²) in [4.78, 5) is 23.3. The van der Waals surface area contributed by atoms with Gasteiger partial charge in [-0.2, -0.15) is 5.26 Å². The van der Waals surface area contributed by atoms with Crippen LogP contribution in [0.15, 0.2) is 0 Å².